The average molecular weight is 342 g/mol. The van der Waals surface area contributed by atoms with E-state index in [-0.39, 0.29) is 17.4 Å². The molecule has 5 nitrogen and oxygen atoms in total. The zero-order chi connectivity index (χ0) is 17.5. The Bertz CT molecular complexity index is 546. The summed E-state index contributed by atoms with van der Waals surface area (Å²) >= 11 is 0. The first-order valence-corrected chi connectivity index (χ1v) is 8.27. The summed E-state index contributed by atoms with van der Waals surface area (Å²) in [5, 5.41) is 3.16. The van der Waals surface area contributed by atoms with Gasteiger partial charge in [0.05, 0.1) is 12.2 Å². The molecule has 1 atom stereocenters. The molecule has 0 saturated carbocycles. The lowest BCUT2D eigenvalue weighted by Gasteiger charge is -2.33. The normalized spacial score (nSPS) is 17.7. The molecular weight excluding hydrogens is 318 g/mol. The van der Waals surface area contributed by atoms with Crippen LogP contribution >= 0.6 is 0 Å². The number of ether oxygens (including phenoxy) is 2. The van der Waals surface area contributed by atoms with Gasteiger partial charge in [-0.3, -0.25) is 0 Å². The van der Waals surface area contributed by atoms with Crippen LogP contribution < -0.4 is 10.1 Å². The number of carbonyl (C=O) groups is 1. The Kier molecular flexibility index (Phi) is 6.78. The first-order chi connectivity index (χ1) is 11.5. The van der Waals surface area contributed by atoms with Crippen LogP contribution in [0, 0.1) is 11.6 Å². The second-order valence-electron chi connectivity index (χ2n) is 5.87. The van der Waals surface area contributed by atoms with Crippen LogP contribution in [0.5, 0.6) is 5.75 Å². The number of piperazine rings is 1. The highest BCUT2D eigenvalue weighted by Gasteiger charge is 2.25. The van der Waals surface area contributed by atoms with Gasteiger partial charge in [-0.05, 0) is 13.3 Å². The molecular formula is C17H24F2N2O3. The second kappa shape index (κ2) is 8.82. The Morgan fingerprint density at radius 2 is 2.08 bits per heavy atom. The lowest BCUT2D eigenvalue weighted by Crippen LogP contribution is -2.52. The SMILES string of the molecule is CCCCOc1cc(F)c(COC(=O)N2CCNCC2C)c(F)c1. The van der Waals surface area contributed by atoms with E-state index in [9.17, 15) is 13.6 Å². The van der Waals surface area contributed by atoms with Crippen molar-refractivity contribution in [2.24, 2.45) is 0 Å². The van der Waals surface area contributed by atoms with Gasteiger partial charge in [0, 0.05) is 37.8 Å². The maximum atomic E-state index is 14.1. The number of nitrogens with zero attached hydrogens (tertiary/aromatic N) is 1. The van der Waals surface area contributed by atoms with Gasteiger partial charge in [0.2, 0.25) is 0 Å². The fourth-order valence-electron chi connectivity index (χ4n) is 2.46. The molecule has 1 unspecified atom stereocenters. The van der Waals surface area contributed by atoms with Crippen molar-refractivity contribution in [2.75, 3.05) is 26.2 Å². The van der Waals surface area contributed by atoms with Crippen molar-refractivity contribution in [3.05, 3.63) is 29.3 Å². The zero-order valence-electron chi connectivity index (χ0n) is 14.1. The summed E-state index contributed by atoms with van der Waals surface area (Å²) in [6, 6.07) is 2.22. The molecule has 1 aliphatic rings. The standard InChI is InChI=1S/C17H24F2N2O3/c1-3-4-7-23-13-8-15(18)14(16(19)9-13)11-24-17(22)21-6-5-20-10-12(21)2/h8-9,12,20H,3-7,10-11H2,1-2H3. The van der Waals surface area contributed by atoms with Crippen LogP contribution in [0.2, 0.25) is 0 Å². The van der Waals surface area contributed by atoms with Gasteiger partial charge in [0.25, 0.3) is 0 Å². The summed E-state index contributed by atoms with van der Waals surface area (Å²) in [7, 11) is 0. The molecule has 0 bridgehead atoms. The van der Waals surface area contributed by atoms with Crippen LogP contribution in [0.15, 0.2) is 12.1 Å². The maximum absolute atomic E-state index is 14.1. The lowest BCUT2D eigenvalue weighted by molar-refractivity contribution is 0.0744. The summed E-state index contributed by atoms with van der Waals surface area (Å²) in [6.45, 7) is 5.70. The predicted octanol–water partition coefficient (Wildman–Crippen LogP) is 3.07. The summed E-state index contributed by atoms with van der Waals surface area (Å²) in [5.41, 5.74) is -0.269. The van der Waals surface area contributed by atoms with E-state index in [4.69, 9.17) is 9.47 Å². The Hall–Kier alpha value is -1.89. The van der Waals surface area contributed by atoms with Crippen molar-refractivity contribution < 1.29 is 23.0 Å². The van der Waals surface area contributed by atoms with Crippen LogP contribution in [-0.4, -0.2) is 43.3 Å². The molecule has 134 valence electrons. The number of hydrogen-bond acceptors (Lipinski definition) is 4. The minimum Gasteiger partial charge on any atom is -0.493 e. The van der Waals surface area contributed by atoms with E-state index in [1.54, 1.807) is 4.90 Å². The Morgan fingerprint density at radius 1 is 1.38 bits per heavy atom. The number of carbonyl (C=O) groups excluding carboxylic acids is 1. The van der Waals surface area contributed by atoms with Crippen LogP contribution in [0.3, 0.4) is 0 Å². The van der Waals surface area contributed by atoms with E-state index in [1.165, 1.54) is 0 Å². The molecule has 1 aromatic carbocycles. The number of benzene rings is 1. The van der Waals surface area contributed by atoms with Crippen molar-refractivity contribution in [1.82, 2.24) is 10.2 Å². The summed E-state index contributed by atoms with van der Waals surface area (Å²) < 4.78 is 38.5. The third kappa shape index (κ3) is 4.80. The summed E-state index contributed by atoms with van der Waals surface area (Å²) in [5.74, 6) is -1.41. The number of halogens is 2. The van der Waals surface area contributed by atoms with Gasteiger partial charge in [0.1, 0.15) is 24.0 Å². The second-order valence-corrected chi connectivity index (χ2v) is 5.87. The quantitative estimate of drug-likeness (QED) is 0.807. The van der Waals surface area contributed by atoms with E-state index >= 15 is 0 Å². The molecule has 0 radical (unpaired) electrons. The number of amides is 1. The van der Waals surface area contributed by atoms with E-state index in [1.807, 2.05) is 13.8 Å². The number of rotatable bonds is 6. The van der Waals surface area contributed by atoms with Gasteiger partial charge in [-0.2, -0.15) is 0 Å². The molecule has 1 amide bonds. The minimum absolute atomic E-state index is 0.0183. The fraction of sp³-hybridized carbons (Fsp3) is 0.588. The number of hydrogen-bond donors (Lipinski definition) is 1. The Labute approximate surface area is 140 Å². The molecule has 1 heterocycles. The zero-order valence-corrected chi connectivity index (χ0v) is 14.1. The van der Waals surface area contributed by atoms with E-state index in [0.717, 1.165) is 25.0 Å². The van der Waals surface area contributed by atoms with Crippen molar-refractivity contribution in [1.29, 1.82) is 0 Å². The lowest BCUT2D eigenvalue weighted by atomic mass is 10.2. The molecule has 2 rings (SSSR count). The van der Waals surface area contributed by atoms with Crippen molar-refractivity contribution in [3.63, 3.8) is 0 Å². The van der Waals surface area contributed by atoms with Gasteiger partial charge >= 0.3 is 6.09 Å². The molecule has 7 heteroatoms. The van der Waals surface area contributed by atoms with Gasteiger partial charge in [-0.25, -0.2) is 13.6 Å². The van der Waals surface area contributed by atoms with Gasteiger partial charge in [-0.15, -0.1) is 0 Å². The highest BCUT2D eigenvalue weighted by molar-refractivity contribution is 5.68. The van der Waals surface area contributed by atoms with Crippen molar-refractivity contribution in [3.8, 4) is 5.75 Å². The van der Waals surface area contributed by atoms with Crippen LogP contribution in [-0.2, 0) is 11.3 Å². The number of nitrogens with one attached hydrogen (secondary N) is 1. The fourth-order valence-corrected chi connectivity index (χ4v) is 2.46. The molecule has 1 aromatic rings. The highest BCUT2D eigenvalue weighted by atomic mass is 19.1. The maximum Gasteiger partial charge on any atom is 0.410 e. The van der Waals surface area contributed by atoms with Crippen LogP contribution in [0.4, 0.5) is 13.6 Å². The van der Waals surface area contributed by atoms with Gasteiger partial charge in [-0.1, -0.05) is 13.3 Å². The highest BCUT2D eigenvalue weighted by Crippen LogP contribution is 2.22. The Morgan fingerprint density at radius 3 is 2.71 bits per heavy atom. The smallest absolute Gasteiger partial charge is 0.410 e. The van der Waals surface area contributed by atoms with Gasteiger partial charge < -0.3 is 19.7 Å². The molecule has 1 N–H and O–H groups in total. The van der Waals surface area contributed by atoms with E-state index < -0.39 is 24.3 Å². The first-order valence-electron chi connectivity index (χ1n) is 8.27. The molecule has 0 aromatic heterocycles. The van der Waals surface area contributed by atoms with Crippen LogP contribution in [0.25, 0.3) is 0 Å². The Balaban J connectivity index is 1.95. The van der Waals surface area contributed by atoms with Crippen molar-refractivity contribution >= 4 is 6.09 Å². The molecule has 0 spiro atoms. The third-order valence-electron chi connectivity index (χ3n) is 3.96. The molecule has 0 aliphatic carbocycles. The largest absolute Gasteiger partial charge is 0.493 e. The monoisotopic (exact) mass is 342 g/mol. The molecule has 1 aliphatic heterocycles. The molecule has 24 heavy (non-hydrogen) atoms. The van der Waals surface area contributed by atoms with Gasteiger partial charge in [0.15, 0.2) is 0 Å². The third-order valence-corrected chi connectivity index (χ3v) is 3.96. The van der Waals surface area contributed by atoms with Crippen LogP contribution in [0.1, 0.15) is 32.3 Å². The van der Waals surface area contributed by atoms with E-state index in [0.29, 0.717) is 26.2 Å². The molecule has 1 fully saturated rings. The van der Waals surface area contributed by atoms with Crippen molar-refractivity contribution in [2.45, 2.75) is 39.3 Å². The van der Waals surface area contributed by atoms with E-state index in [2.05, 4.69) is 5.32 Å². The topological polar surface area (TPSA) is 50.8 Å². The summed E-state index contributed by atoms with van der Waals surface area (Å²) in [4.78, 5) is 13.6. The summed E-state index contributed by atoms with van der Waals surface area (Å²) in [6.07, 6.45) is 1.18. The average Bonchev–Trinajstić information content (AvgIpc) is 2.54. The first kappa shape index (κ1) is 18.4. The minimum atomic E-state index is -0.775. The number of unbranched alkanes of at least 4 members (excludes halogenated alkanes) is 1. The predicted molar refractivity (Wildman–Crippen MR) is 86.0 cm³/mol. The molecule has 1 saturated heterocycles.